The standard InChI is InChI=1S/C29H34N4O3S/c34-29(21-9-1-2-10-21)33-17-16-23(19-33)30-28-27(18-22-11-4-6-14-25(22)31-28)37(35,36)32-26-15-7-12-20-8-3-5-13-24(20)26/h3-6,8,11,13-14,18,21,23,26,32H,1-2,7,9-10,12,15-17,19H2,(H,30,31)/t23?,26-/m0/s1. The van der Waals surface area contributed by atoms with Crippen LogP contribution in [0.5, 0.6) is 0 Å². The summed E-state index contributed by atoms with van der Waals surface area (Å²) in [5, 5.41) is 4.19. The molecule has 8 heteroatoms. The molecule has 2 aliphatic carbocycles. The lowest BCUT2D eigenvalue weighted by molar-refractivity contribution is -0.134. The summed E-state index contributed by atoms with van der Waals surface area (Å²) in [5.74, 6) is 0.755. The van der Waals surface area contributed by atoms with E-state index in [1.807, 2.05) is 47.4 Å². The highest BCUT2D eigenvalue weighted by Crippen LogP contribution is 2.33. The molecule has 6 rings (SSSR count). The number of nitrogens with zero attached hydrogens (tertiary/aromatic N) is 2. The fraction of sp³-hybridized carbons (Fsp3) is 0.448. The van der Waals surface area contributed by atoms with E-state index in [9.17, 15) is 13.2 Å². The predicted octanol–water partition coefficient (Wildman–Crippen LogP) is 4.79. The van der Waals surface area contributed by atoms with Crippen molar-refractivity contribution in [3.63, 3.8) is 0 Å². The number of hydrogen-bond donors (Lipinski definition) is 2. The molecule has 3 aliphatic rings. The number of aryl methyl sites for hydroxylation is 1. The molecule has 37 heavy (non-hydrogen) atoms. The highest BCUT2D eigenvalue weighted by atomic mass is 32.2. The predicted molar refractivity (Wildman–Crippen MR) is 145 cm³/mol. The molecule has 2 atom stereocenters. The molecule has 1 aromatic heterocycles. The second kappa shape index (κ2) is 10.1. The number of aromatic nitrogens is 1. The van der Waals surface area contributed by atoms with Crippen LogP contribution >= 0.6 is 0 Å². The molecule has 3 aromatic rings. The van der Waals surface area contributed by atoms with Crippen LogP contribution in [0.1, 0.15) is 62.1 Å². The lowest BCUT2D eigenvalue weighted by Crippen LogP contribution is -2.36. The summed E-state index contributed by atoms with van der Waals surface area (Å²) in [7, 11) is -3.86. The van der Waals surface area contributed by atoms with Gasteiger partial charge in [-0.3, -0.25) is 4.79 Å². The van der Waals surface area contributed by atoms with E-state index >= 15 is 0 Å². The lowest BCUT2D eigenvalue weighted by Gasteiger charge is -2.27. The number of pyridine rings is 1. The van der Waals surface area contributed by atoms with Crippen LogP contribution in [0, 0.1) is 5.92 Å². The summed E-state index contributed by atoms with van der Waals surface area (Å²) in [6.07, 6.45) is 7.68. The normalized spacial score (nSPS) is 22.3. The van der Waals surface area contributed by atoms with E-state index in [4.69, 9.17) is 4.98 Å². The fourth-order valence-corrected chi connectivity index (χ4v) is 7.62. The molecule has 2 heterocycles. The zero-order valence-corrected chi connectivity index (χ0v) is 21.8. The Balaban J connectivity index is 1.28. The molecule has 0 radical (unpaired) electrons. The van der Waals surface area contributed by atoms with E-state index < -0.39 is 10.0 Å². The monoisotopic (exact) mass is 518 g/mol. The van der Waals surface area contributed by atoms with E-state index in [0.29, 0.717) is 18.9 Å². The van der Waals surface area contributed by atoms with Crippen molar-refractivity contribution in [1.82, 2.24) is 14.6 Å². The molecule has 1 amide bonds. The number of fused-ring (bicyclic) bond motifs is 2. The topological polar surface area (TPSA) is 91.4 Å². The first kappa shape index (κ1) is 24.4. The maximum atomic E-state index is 13.8. The van der Waals surface area contributed by atoms with Crippen molar-refractivity contribution in [3.8, 4) is 0 Å². The van der Waals surface area contributed by atoms with Gasteiger partial charge in [-0.15, -0.1) is 0 Å². The molecule has 2 N–H and O–H groups in total. The molecule has 7 nitrogen and oxygen atoms in total. The van der Waals surface area contributed by atoms with Gasteiger partial charge >= 0.3 is 0 Å². The Morgan fingerprint density at radius 1 is 0.946 bits per heavy atom. The molecule has 194 valence electrons. The number of sulfonamides is 1. The maximum absolute atomic E-state index is 13.8. The Morgan fingerprint density at radius 3 is 2.59 bits per heavy atom. The number of amides is 1. The van der Waals surface area contributed by atoms with Gasteiger partial charge in [-0.25, -0.2) is 18.1 Å². The number of benzene rings is 2. The summed E-state index contributed by atoms with van der Waals surface area (Å²) in [5.41, 5.74) is 3.00. The Morgan fingerprint density at radius 2 is 1.73 bits per heavy atom. The van der Waals surface area contributed by atoms with Crippen LogP contribution in [0.25, 0.3) is 10.9 Å². The quantitative estimate of drug-likeness (QED) is 0.489. The Bertz CT molecular complexity index is 1420. The second-order valence-corrected chi connectivity index (χ2v) is 12.4. The zero-order chi connectivity index (χ0) is 25.4. The first-order chi connectivity index (χ1) is 18.0. The van der Waals surface area contributed by atoms with E-state index in [0.717, 1.165) is 67.8 Å². The highest BCUT2D eigenvalue weighted by Gasteiger charge is 2.34. The van der Waals surface area contributed by atoms with Gasteiger partial charge in [0.2, 0.25) is 15.9 Å². The van der Waals surface area contributed by atoms with Crippen molar-refractivity contribution in [1.29, 1.82) is 0 Å². The lowest BCUT2D eigenvalue weighted by atomic mass is 9.88. The van der Waals surface area contributed by atoms with Crippen molar-refractivity contribution < 1.29 is 13.2 Å². The van der Waals surface area contributed by atoms with E-state index in [1.165, 1.54) is 5.56 Å². The molecular weight excluding hydrogens is 484 g/mol. The van der Waals surface area contributed by atoms with Crippen molar-refractivity contribution in [2.75, 3.05) is 18.4 Å². The second-order valence-electron chi connectivity index (χ2n) is 10.7. The number of rotatable bonds is 6. The third kappa shape index (κ3) is 4.97. The van der Waals surface area contributed by atoms with Gasteiger partial charge in [-0.2, -0.15) is 0 Å². The first-order valence-electron chi connectivity index (χ1n) is 13.5. The van der Waals surface area contributed by atoms with Crippen LogP contribution in [-0.4, -0.2) is 43.3 Å². The molecule has 1 saturated carbocycles. The van der Waals surface area contributed by atoms with Crippen LogP contribution in [-0.2, 0) is 21.2 Å². The number of para-hydroxylation sites is 1. The number of likely N-dealkylation sites (tertiary alicyclic amines) is 1. The van der Waals surface area contributed by atoms with Crippen LogP contribution in [0.2, 0.25) is 0 Å². The van der Waals surface area contributed by atoms with E-state index in [-0.39, 0.29) is 28.8 Å². The largest absolute Gasteiger partial charge is 0.364 e. The SMILES string of the molecule is O=C(C1CCCC1)N1CCC(Nc2nc3ccccc3cc2S(=O)(=O)N[C@H]2CCCc3ccccc32)C1. The number of carbonyl (C=O) groups is 1. The fourth-order valence-electron chi connectivity index (χ4n) is 6.23. The van der Waals surface area contributed by atoms with Crippen LogP contribution < -0.4 is 10.0 Å². The first-order valence-corrected chi connectivity index (χ1v) is 15.0. The minimum absolute atomic E-state index is 0.0385. The highest BCUT2D eigenvalue weighted by molar-refractivity contribution is 7.89. The van der Waals surface area contributed by atoms with Gasteiger partial charge in [-0.05, 0) is 61.8 Å². The van der Waals surface area contributed by atoms with Gasteiger partial charge in [0.1, 0.15) is 10.7 Å². The Kier molecular flexibility index (Phi) is 6.63. The Labute approximate surface area is 218 Å². The number of anilines is 1. The number of carbonyl (C=O) groups excluding carboxylic acids is 1. The summed E-state index contributed by atoms with van der Waals surface area (Å²) in [6, 6.07) is 17.1. The summed E-state index contributed by atoms with van der Waals surface area (Å²) in [6.45, 7) is 1.27. The average Bonchev–Trinajstić information content (AvgIpc) is 3.61. The number of nitrogens with one attached hydrogen (secondary N) is 2. The molecular formula is C29H34N4O3S. The van der Waals surface area contributed by atoms with Gasteiger partial charge in [0, 0.05) is 36.5 Å². The minimum atomic E-state index is -3.86. The molecule has 0 spiro atoms. The summed E-state index contributed by atoms with van der Waals surface area (Å²) < 4.78 is 30.7. The van der Waals surface area contributed by atoms with Gasteiger partial charge in [0.05, 0.1) is 5.52 Å². The average molecular weight is 519 g/mol. The molecule has 1 aliphatic heterocycles. The third-order valence-electron chi connectivity index (χ3n) is 8.19. The molecule has 1 saturated heterocycles. The van der Waals surface area contributed by atoms with Crippen LogP contribution in [0.3, 0.4) is 0 Å². The summed E-state index contributed by atoms with van der Waals surface area (Å²) in [4.78, 5) is 19.8. The smallest absolute Gasteiger partial charge is 0.244 e. The maximum Gasteiger partial charge on any atom is 0.244 e. The Hall–Kier alpha value is -2.97. The number of hydrogen-bond acceptors (Lipinski definition) is 5. The molecule has 0 bridgehead atoms. The van der Waals surface area contributed by atoms with Gasteiger partial charge in [0.15, 0.2) is 0 Å². The van der Waals surface area contributed by atoms with Crippen molar-refractivity contribution >= 4 is 32.7 Å². The van der Waals surface area contributed by atoms with E-state index in [2.05, 4.69) is 16.1 Å². The minimum Gasteiger partial charge on any atom is -0.364 e. The van der Waals surface area contributed by atoms with Crippen molar-refractivity contribution in [3.05, 3.63) is 65.7 Å². The molecule has 1 unspecified atom stereocenters. The third-order valence-corrected chi connectivity index (χ3v) is 9.68. The van der Waals surface area contributed by atoms with Gasteiger partial charge in [-0.1, -0.05) is 55.3 Å². The molecule has 2 fully saturated rings. The van der Waals surface area contributed by atoms with Crippen LogP contribution in [0.15, 0.2) is 59.5 Å². The van der Waals surface area contributed by atoms with E-state index in [1.54, 1.807) is 6.07 Å². The molecule has 2 aromatic carbocycles. The van der Waals surface area contributed by atoms with Gasteiger partial charge in [0.25, 0.3) is 0 Å². The van der Waals surface area contributed by atoms with Crippen molar-refractivity contribution in [2.45, 2.75) is 68.3 Å². The van der Waals surface area contributed by atoms with Gasteiger partial charge < -0.3 is 10.2 Å². The summed E-state index contributed by atoms with van der Waals surface area (Å²) >= 11 is 0. The van der Waals surface area contributed by atoms with Crippen LogP contribution in [0.4, 0.5) is 5.82 Å². The van der Waals surface area contributed by atoms with Crippen molar-refractivity contribution in [2.24, 2.45) is 5.92 Å². The zero-order valence-electron chi connectivity index (χ0n) is 21.0.